The lowest BCUT2D eigenvalue weighted by atomic mass is 9.75. The van der Waals surface area contributed by atoms with E-state index in [0.29, 0.717) is 10.7 Å². The minimum atomic E-state index is 0.176. The van der Waals surface area contributed by atoms with Crippen LogP contribution in [-0.2, 0) is 0 Å². The van der Waals surface area contributed by atoms with Crippen LogP contribution in [-0.4, -0.2) is 20.5 Å². The Labute approximate surface area is 101 Å². The van der Waals surface area contributed by atoms with Gasteiger partial charge in [0.1, 0.15) is 10.7 Å². The van der Waals surface area contributed by atoms with E-state index in [1.807, 2.05) is 0 Å². The zero-order valence-corrected chi connectivity index (χ0v) is 10.2. The molecule has 1 aliphatic carbocycles. The lowest BCUT2D eigenvalue weighted by Crippen LogP contribution is -2.45. The zero-order chi connectivity index (χ0) is 11.6. The third-order valence-corrected chi connectivity index (χ3v) is 3.50. The molecule has 2 rings (SSSR count). The number of nitrogens with zero attached hydrogens (tertiary/aromatic N) is 2. The van der Waals surface area contributed by atoms with E-state index in [2.05, 4.69) is 22.2 Å². The number of thiocarbonyl (C=S) groups is 1. The van der Waals surface area contributed by atoms with E-state index >= 15 is 0 Å². The molecular weight excluding hydrogens is 220 g/mol. The van der Waals surface area contributed by atoms with Crippen LogP contribution in [0.4, 0.5) is 5.82 Å². The van der Waals surface area contributed by atoms with Gasteiger partial charge in [-0.2, -0.15) is 0 Å². The molecule has 1 aliphatic rings. The predicted molar refractivity (Wildman–Crippen MR) is 68.4 cm³/mol. The second kappa shape index (κ2) is 4.33. The second-order valence-electron chi connectivity index (χ2n) is 4.23. The highest BCUT2D eigenvalue weighted by atomic mass is 32.1. The van der Waals surface area contributed by atoms with Gasteiger partial charge in [-0.05, 0) is 25.7 Å². The molecule has 0 spiro atoms. The van der Waals surface area contributed by atoms with Crippen molar-refractivity contribution in [2.75, 3.05) is 5.32 Å². The molecular formula is C11H16N4S. The monoisotopic (exact) mass is 236 g/mol. The van der Waals surface area contributed by atoms with Gasteiger partial charge in [-0.1, -0.05) is 19.1 Å². The van der Waals surface area contributed by atoms with Gasteiger partial charge >= 0.3 is 0 Å². The van der Waals surface area contributed by atoms with Crippen molar-refractivity contribution in [3.05, 3.63) is 18.1 Å². The van der Waals surface area contributed by atoms with Gasteiger partial charge in [0.25, 0.3) is 0 Å². The zero-order valence-electron chi connectivity index (χ0n) is 9.36. The summed E-state index contributed by atoms with van der Waals surface area (Å²) in [6, 6.07) is 0. The minimum absolute atomic E-state index is 0.176. The molecule has 1 saturated carbocycles. The Morgan fingerprint density at radius 2 is 2.19 bits per heavy atom. The van der Waals surface area contributed by atoms with Crippen LogP contribution in [0.1, 0.15) is 38.3 Å². The van der Waals surface area contributed by atoms with Gasteiger partial charge in [-0.15, -0.1) is 0 Å². The Morgan fingerprint density at radius 1 is 1.50 bits per heavy atom. The van der Waals surface area contributed by atoms with Crippen molar-refractivity contribution in [3.8, 4) is 0 Å². The number of nitrogens with one attached hydrogen (secondary N) is 1. The summed E-state index contributed by atoms with van der Waals surface area (Å²) < 4.78 is 0. The fourth-order valence-electron chi connectivity index (χ4n) is 2.03. The predicted octanol–water partition coefficient (Wildman–Crippen LogP) is 1.86. The molecule has 3 N–H and O–H groups in total. The van der Waals surface area contributed by atoms with Crippen molar-refractivity contribution in [1.82, 2.24) is 9.97 Å². The quantitative estimate of drug-likeness (QED) is 0.781. The molecule has 0 saturated heterocycles. The first-order valence-electron chi connectivity index (χ1n) is 5.56. The third kappa shape index (κ3) is 2.00. The molecule has 0 radical (unpaired) electrons. The molecule has 0 atom stereocenters. The Kier molecular flexibility index (Phi) is 3.05. The highest BCUT2D eigenvalue weighted by Crippen LogP contribution is 2.37. The highest BCUT2D eigenvalue weighted by molar-refractivity contribution is 7.80. The molecule has 1 heterocycles. The van der Waals surface area contributed by atoms with Crippen LogP contribution in [0.25, 0.3) is 0 Å². The SMILES string of the molecule is CCC1(Nc2nccnc2C(N)=S)CCC1. The van der Waals surface area contributed by atoms with Crippen LogP contribution in [0.2, 0.25) is 0 Å². The molecule has 0 unspecified atom stereocenters. The number of anilines is 1. The molecule has 0 amide bonds. The van der Waals surface area contributed by atoms with Crippen LogP contribution < -0.4 is 11.1 Å². The van der Waals surface area contributed by atoms with Gasteiger partial charge in [0.05, 0.1) is 0 Å². The third-order valence-electron chi connectivity index (χ3n) is 3.30. The van der Waals surface area contributed by atoms with Crippen LogP contribution in [0.3, 0.4) is 0 Å². The second-order valence-corrected chi connectivity index (χ2v) is 4.67. The smallest absolute Gasteiger partial charge is 0.155 e. The van der Waals surface area contributed by atoms with Crippen LogP contribution in [0.5, 0.6) is 0 Å². The van der Waals surface area contributed by atoms with E-state index in [1.54, 1.807) is 12.4 Å². The average molecular weight is 236 g/mol. The summed E-state index contributed by atoms with van der Waals surface area (Å²) in [4.78, 5) is 8.73. The minimum Gasteiger partial charge on any atom is -0.388 e. The summed E-state index contributed by atoms with van der Waals surface area (Å²) >= 11 is 4.96. The van der Waals surface area contributed by atoms with Crippen molar-refractivity contribution in [1.29, 1.82) is 0 Å². The van der Waals surface area contributed by atoms with Crippen LogP contribution >= 0.6 is 12.2 Å². The van der Waals surface area contributed by atoms with Gasteiger partial charge in [0, 0.05) is 17.9 Å². The van der Waals surface area contributed by atoms with E-state index in [9.17, 15) is 0 Å². The molecule has 1 aromatic heterocycles. The Hall–Kier alpha value is -1.23. The van der Waals surface area contributed by atoms with Gasteiger partial charge in [0.15, 0.2) is 5.82 Å². The number of nitrogens with two attached hydrogens (primary N) is 1. The maximum Gasteiger partial charge on any atom is 0.155 e. The van der Waals surface area contributed by atoms with E-state index in [-0.39, 0.29) is 5.54 Å². The lowest BCUT2D eigenvalue weighted by molar-refractivity contribution is 0.268. The standard InChI is InChI=1S/C11H16N4S/c1-2-11(4-3-5-11)15-10-8(9(12)16)13-6-7-14-10/h6-7H,2-5H2,1H3,(H2,12,16)(H,14,15). The Balaban J connectivity index is 2.23. The summed E-state index contributed by atoms with van der Waals surface area (Å²) in [5.74, 6) is 0.719. The van der Waals surface area contributed by atoms with Gasteiger partial charge in [-0.3, -0.25) is 0 Å². The number of hydrogen-bond donors (Lipinski definition) is 2. The van der Waals surface area contributed by atoms with E-state index in [0.717, 1.165) is 12.2 Å². The maximum absolute atomic E-state index is 5.62. The summed E-state index contributed by atoms with van der Waals surface area (Å²) in [5, 5.41) is 3.45. The van der Waals surface area contributed by atoms with Crippen LogP contribution in [0.15, 0.2) is 12.4 Å². The molecule has 0 aromatic carbocycles. The van der Waals surface area contributed by atoms with E-state index in [1.165, 1.54) is 19.3 Å². The largest absolute Gasteiger partial charge is 0.388 e. The number of hydrogen-bond acceptors (Lipinski definition) is 4. The van der Waals surface area contributed by atoms with Crippen molar-refractivity contribution in [3.63, 3.8) is 0 Å². The maximum atomic E-state index is 5.62. The molecule has 0 bridgehead atoms. The molecule has 86 valence electrons. The van der Waals surface area contributed by atoms with E-state index < -0.39 is 0 Å². The Bertz CT molecular complexity index is 395. The van der Waals surface area contributed by atoms with Crippen molar-refractivity contribution >= 4 is 23.0 Å². The summed E-state index contributed by atoms with van der Waals surface area (Å²) in [5.41, 5.74) is 6.39. The normalized spacial score (nSPS) is 17.6. The first kappa shape index (κ1) is 11.3. The Morgan fingerprint density at radius 3 is 2.69 bits per heavy atom. The van der Waals surface area contributed by atoms with Gasteiger partial charge < -0.3 is 11.1 Å². The fourth-order valence-corrected chi connectivity index (χ4v) is 2.18. The molecule has 1 fully saturated rings. The van der Waals surface area contributed by atoms with Gasteiger partial charge in [0.2, 0.25) is 0 Å². The summed E-state index contributed by atoms with van der Waals surface area (Å²) in [7, 11) is 0. The van der Waals surface area contributed by atoms with Crippen LogP contribution in [0, 0.1) is 0 Å². The lowest BCUT2D eigenvalue weighted by Gasteiger charge is -2.42. The number of rotatable bonds is 4. The van der Waals surface area contributed by atoms with Crippen molar-refractivity contribution in [2.24, 2.45) is 5.73 Å². The molecule has 5 heteroatoms. The average Bonchev–Trinajstić information content (AvgIpc) is 2.24. The summed E-state index contributed by atoms with van der Waals surface area (Å²) in [6.07, 6.45) is 7.97. The van der Waals surface area contributed by atoms with Crippen molar-refractivity contribution in [2.45, 2.75) is 38.1 Å². The topological polar surface area (TPSA) is 63.8 Å². The van der Waals surface area contributed by atoms with Crippen molar-refractivity contribution < 1.29 is 0 Å². The molecule has 0 aliphatic heterocycles. The number of aromatic nitrogens is 2. The van der Waals surface area contributed by atoms with E-state index in [4.69, 9.17) is 18.0 Å². The fraction of sp³-hybridized carbons (Fsp3) is 0.545. The first-order chi connectivity index (χ1) is 7.67. The summed E-state index contributed by atoms with van der Waals surface area (Å²) in [6.45, 7) is 2.18. The molecule has 4 nitrogen and oxygen atoms in total. The first-order valence-corrected chi connectivity index (χ1v) is 5.97. The molecule has 1 aromatic rings. The van der Waals surface area contributed by atoms with Gasteiger partial charge in [-0.25, -0.2) is 9.97 Å². The highest BCUT2D eigenvalue weighted by Gasteiger charge is 2.35. The molecule has 16 heavy (non-hydrogen) atoms.